The van der Waals surface area contributed by atoms with Gasteiger partial charge in [-0.3, -0.25) is 0 Å². The SMILES string of the molecule is CCc1cc(C)cc(N(C2=CC=C(C(C)(C)C)CC2)C2C=CC(C(C)(C)C)CC2)c1. The Balaban J connectivity index is 2.00. The Hall–Kier alpha value is -1.76. The van der Waals surface area contributed by atoms with Crippen molar-refractivity contribution in [2.24, 2.45) is 16.7 Å². The molecular weight excluding hydrogens is 362 g/mol. The largest absolute Gasteiger partial charge is 0.338 e. The molecule has 0 amide bonds. The fraction of sp³-hybridized carbons (Fsp3) is 0.586. The quantitative estimate of drug-likeness (QED) is 0.454. The fourth-order valence-electron chi connectivity index (χ4n) is 4.95. The number of aryl methyl sites for hydroxylation is 2. The summed E-state index contributed by atoms with van der Waals surface area (Å²) in [5.74, 6) is 0.673. The van der Waals surface area contributed by atoms with Gasteiger partial charge >= 0.3 is 0 Å². The van der Waals surface area contributed by atoms with Crippen LogP contribution in [-0.4, -0.2) is 6.04 Å². The lowest BCUT2D eigenvalue weighted by Gasteiger charge is -2.40. The van der Waals surface area contributed by atoms with Gasteiger partial charge in [-0.1, -0.05) is 78.3 Å². The second-order valence-corrected chi connectivity index (χ2v) is 11.5. The molecular formula is C29H43N. The Bertz CT molecular complexity index is 838. The van der Waals surface area contributed by atoms with E-state index < -0.39 is 0 Å². The van der Waals surface area contributed by atoms with Crippen LogP contribution in [0.15, 0.2) is 53.8 Å². The molecule has 30 heavy (non-hydrogen) atoms. The lowest BCUT2D eigenvalue weighted by molar-refractivity contribution is 0.262. The Labute approximate surface area is 186 Å². The summed E-state index contributed by atoms with van der Waals surface area (Å²) >= 11 is 0. The van der Waals surface area contributed by atoms with Crippen molar-refractivity contribution in [3.8, 4) is 0 Å². The van der Waals surface area contributed by atoms with E-state index in [1.54, 1.807) is 5.57 Å². The molecule has 2 aliphatic rings. The highest BCUT2D eigenvalue weighted by Gasteiger charge is 2.30. The van der Waals surface area contributed by atoms with Gasteiger partial charge in [0.2, 0.25) is 0 Å². The maximum atomic E-state index is 2.65. The summed E-state index contributed by atoms with van der Waals surface area (Å²) < 4.78 is 0. The second kappa shape index (κ2) is 8.77. The lowest BCUT2D eigenvalue weighted by Crippen LogP contribution is -2.37. The van der Waals surface area contributed by atoms with Gasteiger partial charge in [-0.05, 0) is 85.1 Å². The van der Waals surface area contributed by atoms with Gasteiger partial charge in [-0.2, -0.15) is 0 Å². The molecule has 1 aromatic carbocycles. The van der Waals surface area contributed by atoms with Crippen molar-refractivity contribution in [2.45, 2.75) is 93.5 Å². The van der Waals surface area contributed by atoms with E-state index in [9.17, 15) is 0 Å². The van der Waals surface area contributed by atoms with E-state index in [-0.39, 0.29) is 5.41 Å². The Morgan fingerprint density at radius 1 is 0.900 bits per heavy atom. The molecule has 2 atom stereocenters. The maximum Gasteiger partial charge on any atom is 0.0519 e. The zero-order valence-corrected chi connectivity index (χ0v) is 20.7. The molecule has 0 heterocycles. The van der Waals surface area contributed by atoms with E-state index in [0.717, 1.165) is 12.8 Å². The van der Waals surface area contributed by atoms with Crippen LogP contribution < -0.4 is 4.90 Å². The lowest BCUT2D eigenvalue weighted by atomic mass is 9.74. The van der Waals surface area contributed by atoms with Crippen molar-refractivity contribution in [2.75, 3.05) is 4.90 Å². The van der Waals surface area contributed by atoms with Gasteiger partial charge < -0.3 is 4.90 Å². The van der Waals surface area contributed by atoms with E-state index in [1.807, 2.05) is 0 Å². The molecule has 2 aliphatic carbocycles. The molecule has 0 saturated carbocycles. The molecule has 1 nitrogen and oxygen atoms in total. The molecule has 164 valence electrons. The predicted molar refractivity (Wildman–Crippen MR) is 133 cm³/mol. The molecule has 0 radical (unpaired) electrons. The van der Waals surface area contributed by atoms with E-state index >= 15 is 0 Å². The number of hydrogen-bond donors (Lipinski definition) is 0. The molecule has 0 aliphatic heterocycles. The van der Waals surface area contributed by atoms with Gasteiger partial charge in [-0.25, -0.2) is 0 Å². The molecule has 0 fully saturated rings. The molecule has 0 N–H and O–H groups in total. The Morgan fingerprint density at radius 3 is 2.13 bits per heavy atom. The third kappa shape index (κ3) is 5.29. The topological polar surface area (TPSA) is 3.24 Å². The third-order valence-corrected chi connectivity index (χ3v) is 6.99. The van der Waals surface area contributed by atoms with E-state index in [1.165, 1.54) is 41.8 Å². The summed E-state index contributed by atoms with van der Waals surface area (Å²) in [6, 6.07) is 7.58. The average Bonchev–Trinajstić information content (AvgIpc) is 2.67. The summed E-state index contributed by atoms with van der Waals surface area (Å²) in [7, 11) is 0. The van der Waals surface area contributed by atoms with Crippen LogP contribution in [0.3, 0.4) is 0 Å². The first-order chi connectivity index (χ1) is 14.0. The van der Waals surface area contributed by atoms with Gasteiger partial charge in [0.15, 0.2) is 0 Å². The minimum Gasteiger partial charge on any atom is -0.338 e. The number of hydrogen-bond acceptors (Lipinski definition) is 1. The summed E-state index contributed by atoms with van der Waals surface area (Å²) in [5, 5.41) is 0. The summed E-state index contributed by atoms with van der Waals surface area (Å²) in [5.41, 5.74) is 7.81. The highest BCUT2D eigenvalue weighted by molar-refractivity contribution is 5.59. The van der Waals surface area contributed by atoms with Gasteiger partial charge in [0.25, 0.3) is 0 Å². The van der Waals surface area contributed by atoms with Crippen LogP contribution in [-0.2, 0) is 6.42 Å². The first kappa shape index (κ1) is 22.9. The maximum absolute atomic E-state index is 2.65. The molecule has 0 aromatic heterocycles. The van der Waals surface area contributed by atoms with E-state index in [4.69, 9.17) is 0 Å². The number of anilines is 1. The molecule has 2 unspecified atom stereocenters. The number of nitrogens with zero attached hydrogens (tertiary/aromatic N) is 1. The van der Waals surface area contributed by atoms with Crippen LogP contribution in [0.2, 0.25) is 0 Å². The van der Waals surface area contributed by atoms with Crippen LogP contribution in [0.4, 0.5) is 5.69 Å². The van der Waals surface area contributed by atoms with Crippen molar-refractivity contribution in [3.05, 3.63) is 64.9 Å². The normalized spacial score (nSPS) is 22.5. The Kier molecular flexibility index (Phi) is 6.70. The van der Waals surface area contributed by atoms with E-state index in [0.29, 0.717) is 17.4 Å². The van der Waals surface area contributed by atoms with Crippen LogP contribution in [0.1, 0.15) is 85.3 Å². The summed E-state index contributed by atoms with van der Waals surface area (Å²) in [6.07, 6.45) is 15.7. The molecule has 1 heteroatoms. The number of rotatable bonds is 4. The van der Waals surface area contributed by atoms with Gasteiger partial charge in [0, 0.05) is 11.4 Å². The van der Waals surface area contributed by atoms with Gasteiger partial charge in [0.1, 0.15) is 0 Å². The van der Waals surface area contributed by atoms with Crippen LogP contribution in [0, 0.1) is 23.7 Å². The molecule has 1 aromatic rings. The standard InChI is InChI=1S/C29H43N/c1-9-22-18-21(2)19-27(20-22)30(25-14-10-23(11-15-25)28(3,4)5)26-16-12-24(13-17-26)29(6,7)8/h10,12,14,16,18-20,23,25H,9,11,13,15,17H2,1-8H3. The zero-order chi connectivity index (χ0) is 22.1. The fourth-order valence-corrected chi connectivity index (χ4v) is 4.95. The zero-order valence-electron chi connectivity index (χ0n) is 20.7. The van der Waals surface area contributed by atoms with Crippen molar-refractivity contribution < 1.29 is 0 Å². The third-order valence-electron chi connectivity index (χ3n) is 6.99. The first-order valence-electron chi connectivity index (χ1n) is 12.0. The van der Waals surface area contributed by atoms with Crippen molar-refractivity contribution in [1.29, 1.82) is 0 Å². The van der Waals surface area contributed by atoms with Gasteiger partial charge in [0.05, 0.1) is 6.04 Å². The highest BCUT2D eigenvalue weighted by atomic mass is 15.2. The monoisotopic (exact) mass is 405 g/mol. The van der Waals surface area contributed by atoms with Crippen molar-refractivity contribution in [3.63, 3.8) is 0 Å². The van der Waals surface area contributed by atoms with Crippen LogP contribution in [0.5, 0.6) is 0 Å². The smallest absolute Gasteiger partial charge is 0.0519 e. The van der Waals surface area contributed by atoms with Crippen molar-refractivity contribution >= 4 is 5.69 Å². The summed E-state index contributed by atoms with van der Waals surface area (Å²) in [6.45, 7) is 18.6. The molecule has 0 bridgehead atoms. The molecule has 0 saturated heterocycles. The van der Waals surface area contributed by atoms with Crippen LogP contribution in [0.25, 0.3) is 0 Å². The minimum absolute atomic E-state index is 0.260. The van der Waals surface area contributed by atoms with Crippen LogP contribution >= 0.6 is 0 Å². The number of allylic oxidation sites excluding steroid dienone is 5. The average molecular weight is 406 g/mol. The Morgan fingerprint density at radius 2 is 1.63 bits per heavy atom. The number of benzene rings is 1. The van der Waals surface area contributed by atoms with Gasteiger partial charge in [-0.15, -0.1) is 0 Å². The highest BCUT2D eigenvalue weighted by Crippen LogP contribution is 2.40. The van der Waals surface area contributed by atoms with Crippen molar-refractivity contribution in [1.82, 2.24) is 0 Å². The first-order valence-corrected chi connectivity index (χ1v) is 12.0. The van der Waals surface area contributed by atoms with E-state index in [2.05, 4.69) is 103 Å². The second-order valence-electron chi connectivity index (χ2n) is 11.5. The summed E-state index contributed by atoms with van der Waals surface area (Å²) in [4.78, 5) is 2.65. The molecule has 3 rings (SSSR count). The minimum atomic E-state index is 0.260. The predicted octanol–water partition coefficient (Wildman–Crippen LogP) is 8.39. The molecule has 0 spiro atoms.